The Kier molecular flexibility index (Phi) is 4.06. The van der Waals surface area contributed by atoms with Gasteiger partial charge in [0, 0.05) is 18.4 Å². The minimum atomic E-state index is -0.462. The van der Waals surface area contributed by atoms with Gasteiger partial charge < -0.3 is 9.72 Å². The Hall–Kier alpha value is -1.52. The number of amides is 1. The molecule has 1 saturated heterocycles. The molecule has 1 aromatic heterocycles. The monoisotopic (exact) mass is 279 g/mol. The molecule has 0 unspecified atom stereocenters. The molecule has 0 spiro atoms. The number of carbonyl (C=O) groups excluding carboxylic acids is 1. The van der Waals surface area contributed by atoms with Crippen molar-refractivity contribution in [3.63, 3.8) is 0 Å². The van der Waals surface area contributed by atoms with E-state index < -0.39 is 5.60 Å². The van der Waals surface area contributed by atoms with Crippen LogP contribution in [0.3, 0.4) is 0 Å². The van der Waals surface area contributed by atoms with E-state index in [2.05, 4.69) is 23.8 Å². The number of ether oxygens (including phenoxy) is 1. The van der Waals surface area contributed by atoms with Gasteiger partial charge in [-0.05, 0) is 39.5 Å². The van der Waals surface area contributed by atoms with Crippen LogP contribution >= 0.6 is 0 Å². The van der Waals surface area contributed by atoms with Crippen molar-refractivity contribution in [2.24, 2.45) is 0 Å². The van der Waals surface area contributed by atoms with E-state index in [4.69, 9.17) is 4.74 Å². The van der Waals surface area contributed by atoms with E-state index in [1.807, 2.05) is 27.0 Å². The van der Waals surface area contributed by atoms with E-state index in [-0.39, 0.29) is 12.1 Å². The Labute approximate surface area is 120 Å². The Balaban J connectivity index is 2.12. The second kappa shape index (κ2) is 5.46. The Morgan fingerprint density at radius 2 is 2.20 bits per heavy atom. The van der Waals surface area contributed by atoms with Crippen molar-refractivity contribution in [1.29, 1.82) is 0 Å². The number of H-pyrrole nitrogens is 1. The lowest BCUT2D eigenvalue weighted by molar-refractivity contribution is 0.0218. The molecule has 2 rings (SSSR count). The number of aromatic nitrogens is 2. The van der Waals surface area contributed by atoms with E-state index in [9.17, 15) is 4.79 Å². The fourth-order valence-corrected chi connectivity index (χ4v) is 2.40. The molecule has 1 aliphatic heterocycles. The highest BCUT2D eigenvalue weighted by atomic mass is 16.6. The summed E-state index contributed by atoms with van der Waals surface area (Å²) >= 11 is 0. The lowest BCUT2D eigenvalue weighted by Crippen LogP contribution is -2.36. The van der Waals surface area contributed by atoms with Gasteiger partial charge in [0.25, 0.3) is 0 Å². The highest BCUT2D eigenvalue weighted by Gasteiger charge is 2.34. The minimum absolute atomic E-state index is 0.0114. The third kappa shape index (κ3) is 3.32. The molecule has 1 N–H and O–H groups in total. The molecule has 0 aromatic carbocycles. The number of imidazole rings is 1. The van der Waals surface area contributed by atoms with Crippen LogP contribution in [0.15, 0.2) is 6.20 Å². The van der Waals surface area contributed by atoms with E-state index in [0.717, 1.165) is 30.9 Å². The Bertz CT molecular complexity index is 474. The third-order valence-corrected chi connectivity index (χ3v) is 3.43. The van der Waals surface area contributed by atoms with Gasteiger partial charge in [0.05, 0.1) is 6.04 Å². The smallest absolute Gasteiger partial charge is 0.410 e. The summed E-state index contributed by atoms with van der Waals surface area (Å²) in [6.07, 6.45) is 3.54. The molecule has 0 bridgehead atoms. The highest BCUT2D eigenvalue weighted by Crippen LogP contribution is 2.32. The van der Waals surface area contributed by atoms with Crippen LogP contribution < -0.4 is 0 Å². The minimum Gasteiger partial charge on any atom is -0.444 e. The van der Waals surface area contributed by atoms with Crippen molar-refractivity contribution in [3.05, 3.63) is 17.7 Å². The zero-order valence-corrected chi connectivity index (χ0v) is 13.1. The number of nitrogens with zero attached hydrogens (tertiary/aromatic N) is 2. The van der Waals surface area contributed by atoms with Gasteiger partial charge in [-0.15, -0.1) is 0 Å². The topological polar surface area (TPSA) is 58.2 Å². The van der Waals surface area contributed by atoms with E-state index in [1.54, 1.807) is 4.90 Å². The van der Waals surface area contributed by atoms with Gasteiger partial charge in [0.1, 0.15) is 11.4 Å². The summed E-state index contributed by atoms with van der Waals surface area (Å²) in [6, 6.07) is 0.0114. The first-order valence-electron chi connectivity index (χ1n) is 7.32. The van der Waals surface area contributed by atoms with Crippen molar-refractivity contribution in [2.75, 3.05) is 6.54 Å². The molecule has 0 aliphatic carbocycles. The molecular formula is C15H25N3O2. The molecular weight excluding hydrogens is 254 g/mol. The number of aromatic amines is 1. The largest absolute Gasteiger partial charge is 0.444 e. The van der Waals surface area contributed by atoms with Gasteiger partial charge in [-0.2, -0.15) is 0 Å². The summed E-state index contributed by atoms with van der Waals surface area (Å²) in [6.45, 7) is 10.6. The van der Waals surface area contributed by atoms with E-state index in [1.165, 1.54) is 0 Å². The van der Waals surface area contributed by atoms with Crippen LogP contribution in [0.4, 0.5) is 4.79 Å². The van der Waals surface area contributed by atoms with Crippen LogP contribution in [0.2, 0.25) is 0 Å². The van der Waals surface area contributed by atoms with Crippen LogP contribution in [0.1, 0.15) is 70.9 Å². The maximum absolute atomic E-state index is 12.2. The van der Waals surface area contributed by atoms with E-state index in [0.29, 0.717) is 5.92 Å². The normalized spacial score (nSPS) is 19.7. The van der Waals surface area contributed by atoms with Crippen molar-refractivity contribution in [3.8, 4) is 0 Å². The van der Waals surface area contributed by atoms with Gasteiger partial charge in [0.15, 0.2) is 0 Å². The summed E-state index contributed by atoms with van der Waals surface area (Å²) < 4.78 is 5.47. The van der Waals surface area contributed by atoms with Crippen molar-refractivity contribution in [2.45, 2.75) is 65.0 Å². The summed E-state index contributed by atoms with van der Waals surface area (Å²) in [5.41, 5.74) is 0.646. The summed E-state index contributed by atoms with van der Waals surface area (Å²) in [4.78, 5) is 21.8. The molecule has 1 aromatic rings. The molecule has 1 amide bonds. The molecule has 112 valence electrons. The van der Waals surface area contributed by atoms with Gasteiger partial charge in [-0.3, -0.25) is 4.90 Å². The zero-order chi connectivity index (χ0) is 14.9. The van der Waals surface area contributed by atoms with Crippen LogP contribution in [-0.2, 0) is 4.74 Å². The van der Waals surface area contributed by atoms with Crippen LogP contribution in [-0.4, -0.2) is 33.1 Å². The average molecular weight is 279 g/mol. The summed E-state index contributed by atoms with van der Waals surface area (Å²) in [7, 11) is 0. The Morgan fingerprint density at radius 3 is 2.75 bits per heavy atom. The van der Waals surface area contributed by atoms with Crippen LogP contribution in [0, 0.1) is 0 Å². The molecule has 1 aliphatic rings. The lowest BCUT2D eigenvalue weighted by Gasteiger charge is -2.27. The quantitative estimate of drug-likeness (QED) is 0.899. The zero-order valence-electron chi connectivity index (χ0n) is 13.1. The molecule has 0 saturated carbocycles. The predicted molar refractivity (Wildman–Crippen MR) is 77.6 cm³/mol. The standard InChI is InChI=1S/C15H25N3O2/c1-10(2)11-9-16-13(17-11)12-7-6-8-18(12)14(19)20-15(3,4)5/h9-10,12H,6-8H2,1-5H3,(H,16,17)/t12-/m0/s1. The molecule has 5 heteroatoms. The van der Waals surface area contributed by atoms with Crippen LogP contribution in [0.5, 0.6) is 0 Å². The van der Waals surface area contributed by atoms with Gasteiger partial charge in [0.2, 0.25) is 0 Å². The van der Waals surface area contributed by atoms with Crippen LogP contribution in [0.25, 0.3) is 0 Å². The van der Waals surface area contributed by atoms with Gasteiger partial charge >= 0.3 is 6.09 Å². The van der Waals surface area contributed by atoms with Crippen molar-refractivity contribution in [1.82, 2.24) is 14.9 Å². The molecule has 2 heterocycles. The second-order valence-electron chi connectivity index (χ2n) is 6.71. The SMILES string of the molecule is CC(C)c1cnc([C@@H]2CCCN2C(=O)OC(C)(C)C)[nH]1. The average Bonchev–Trinajstić information content (AvgIpc) is 2.95. The Morgan fingerprint density at radius 1 is 1.50 bits per heavy atom. The molecule has 1 atom stereocenters. The highest BCUT2D eigenvalue weighted by molar-refractivity contribution is 5.69. The molecule has 1 fully saturated rings. The molecule has 20 heavy (non-hydrogen) atoms. The summed E-state index contributed by atoms with van der Waals surface area (Å²) in [5, 5.41) is 0. The number of hydrogen-bond acceptors (Lipinski definition) is 3. The number of nitrogens with one attached hydrogen (secondary N) is 1. The summed E-state index contributed by atoms with van der Waals surface area (Å²) in [5.74, 6) is 1.28. The predicted octanol–water partition coefficient (Wildman–Crippen LogP) is 3.61. The maximum atomic E-state index is 12.2. The maximum Gasteiger partial charge on any atom is 0.410 e. The third-order valence-electron chi connectivity index (χ3n) is 3.43. The molecule has 5 nitrogen and oxygen atoms in total. The number of likely N-dealkylation sites (tertiary alicyclic amines) is 1. The number of hydrogen-bond donors (Lipinski definition) is 1. The van der Waals surface area contributed by atoms with Gasteiger partial charge in [-0.25, -0.2) is 9.78 Å². The lowest BCUT2D eigenvalue weighted by atomic mass is 10.1. The van der Waals surface area contributed by atoms with E-state index >= 15 is 0 Å². The second-order valence-corrected chi connectivity index (χ2v) is 6.71. The first-order valence-corrected chi connectivity index (χ1v) is 7.32. The number of rotatable bonds is 2. The number of carbonyl (C=O) groups is 1. The fourth-order valence-electron chi connectivity index (χ4n) is 2.40. The molecule has 0 radical (unpaired) electrons. The van der Waals surface area contributed by atoms with Crippen molar-refractivity contribution >= 4 is 6.09 Å². The fraction of sp³-hybridized carbons (Fsp3) is 0.733. The first-order chi connectivity index (χ1) is 9.28. The van der Waals surface area contributed by atoms with Crippen molar-refractivity contribution < 1.29 is 9.53 Å². The van der Waals surface area contributed by atoms with Gasteiger partial charge in [-0.1, -0.05) is 13.8 Å². The first kappa shape index (κ1) is 14.9.